The highest BCUT2D eigenvalue weighted by Crippen LogP contribution is 2.16. The number of carbonyl (C=O) groups excluding carboxylic acids is 1. The zero-order valence-electron chi connectivity index (χ0n) is 11.5. The molecule has 0 aliphatic heterocycles. The average Bonchev–Trinajstić information content (AvgIpc) is 2.44. The third kappa shape index (κ3) is 4.60. The lowest BCUT2D eigenvalue weighted by atomic mass is 10.1. The van der Waals surface area contributed by atoms with E-state index in [0.717, 1.165) is 23.9 Å². The number of nitrogen functional groups attached to an aromatic ring is 2. The Morgan fingerprint density at radius 1 is 1.24 bits per heavy atom. The van der Waals surface area contributed by atoms with Crippen LogP contribution >= 0.6 is 11.8 Å². The maximum atomic E-state index is 11.9. The summed E-state index contributed by atoms with van der Waals surface area (Å²) in [6.07, 6.45) is 0.919. The highest BCUT2D eigenvalue weighted by Gasteiger charge is 2.07. The Balaban J connectivity index is 1.92. The lowest BCUT2D eigenvalue weighted by Gasteiger charge is -2.06. The second-order valence-electron chi connectivity index (χ2n) is 4.23. The molecule has 5 N–H and O–H groups in total. The van der Waals surface area contributed by atoms with Gasteiger partial charge in [0.15, 0.2) is 5.16 Å². The lowest BCUT2D eigenvalue weighted by Crippen LogP contribution is -2.14. The summed E-state index contributed by atoms with van der Waals surface area (Å²) in [4.78, 5) is 23.4. The Labute approximate surface area is 126 Å². The van der Waals surface area contributed by atoms with Crippen molar-refractivity contribution >= 4 is 35.3 Å². The van der Waals surface area contributed by atoms with Crippen LogP contribution in [0.25, 0.3) is 0 Å². The van der Waals surface area contributed by atoms with Gasteiger partial charge in [0, 0.05) is 5.69 Å². The molecule has 2 aromatic rings. The third-order valence-corrected chi connectivity index (χ3v) is 3.45. The summed E-state index contributed by atoms with van der Waals surface area (Å²) in [7, 11) is 0. The molecule has 0 fully saturated rings. The van der Waals surface area contributed by atoms with E-state index in [1.165, 1.54) is 5.56 Å². The van der Waals surface area contributed by atoms with E-state index in [0.29, 0.717) is 5.16 Å². The first kappa shape index (κ1) is 15.0. The van der Waals surface area contributed by atoms with Gasteiger partial charge in [0.25, 0.3) is 0 Å². The predicted molar refractivity (Wildman–Crippen MR) is 83.8 cm³/mol. The third-order valence-electron chi connectivity index (χ3n) is 2.60. The number of hydrogen-bond acceptors (Lipinski definition) is 7. The summed E-state index contributed by atoms with van der Waals surface area (Å²) in [6, 6.07) is 7.72. The minimum Gasteiger partial charge on any atom is -0.368 e. The fourth-order valence-electron chi connectivity index (χ4n) is 1.65. The monoisotopic (exact) mass is 304 g/mol. The fraction of sp³-hybridized carbons (Fsp3) is 0.231. The number of hydrogen-bond donors (Lipinski definition) is 3. The number of nitrogens with one attached hydrogen (secondary N) is 1. The van der Waals surface area contributed by atoms with Crippen molar-refractivity contribution in [3.63, 3.8) is 0 Å². The molecule has 2 rings (SSSR count). The van der Waals surface area contributed by atoms with Crippen LogP contribution < -0.4 is 16.8 Å². The minimum atomic E-state index is -0.147. The fourth-order valence-corrected chi connectivity index (χ4v) is 2.30. The first-order valence-electron chi connectivity index (χ1n) is 6.35. The number of carbonyl (C=O) groups is 1. The van der Waals surface area contributed by atoms with Crippen molar-refractivity contribution in [3.8, 4) is 0 Å². The van der Waals surface area contributed by atoms with Crippen molar-refractivity contribution in [2.24, 2.45) is 0 Å². The van der Waals surface area contributed by atoms with Gasteiger partial charge in [-0.3, -0.25) is 4.79 Å². The molecule has 8 heteroatoms. The first-order chi connectivity index (χ1) is 10.1. The van der Waals surface area contributed by atoms with Gasteiger partial charge in [-0.15, -0.1) is 0 Å². The zero-order chi connectivity index (χ0) is 15.2. The Bertz CT molecular complexity index is 628. The molecule has 1 aromatic heterocycles. The summed E-state index contributed by atoms with van der Waals surface area (Å²) in [6.45, 7) is 2.06. The molecule has 1 amide bonds. The number of anilines is 3. The van der Waals surface area contributed by atoms with Gasteiger partial charge in [-0.05, 0) is 24.1 Å². The summed E-state index contributed by atoms with van der Waals surface area (Å²) < 4.78 is 0. The molecule has 0 bridgehead atoms. The number of rotatable bonds is 5. The highest BCUT2D eigenvalue weighted by atomic mass is 32.2. The Morgan fingerprint density at radius 2 is 1.95 bits per heavy atom. The molecule has 0 aliphatic rings. The van der Waals surface area contributed by atoms with Crippen LogP contribution in [0.3, 0.4) is 0 Å². The predicted octanol–water partition coefficient (Wildman–Crippen LogP) is 1.33. The highest BCUT2D eigenvalue weighted by molar-refractivity contribution is 7.99. The van der Waals surface area contributed by atoms with Gasteiger partial charge in [-0.2, -0.15) is 15.0 Å². The van der Waals surface area contributed by atoms with E-state index >= 15 is 0 Å². The number of aryl methyl sites for hydroxylation is 1. The quantitative estimate of drug-likeness (QED) is 0.713. The van der Waals surface area contributed by atoms with Gasteiger partial charge >= 0.3 is 0 Å². The van der Waals surface area contributed by atoms with Crippen LogP contribution in [0.15, 0.2) is 29.4 Å². The molecule has 1 heterocycles. The SMILES string of the molecule is CCc1cccc(NC(=O)CSc2nc(N)nc(N)n2)c1. The van der Waals surface area contributed by atoms with Crippen LogP contribution in [-0.4, -0.2) is 26.6 Å². The smallest absolute Gasteiger partial charge is 0.234 e. The standard InChI is InChI=1S/C13H16N6OS/c1-2-8-4-3-5-9(6-8)16-10(20)7-21-13-18-11(14)17-12(15)19-13/h3-6H,2,7H2,1H3,(H,16,20)(H4,14,15,17,18,19). The van der Waals surface area contributed by atoms with E-state index in [1.807, 2.05) is 24.3 Å². The molecular weight excluding hydrogens is 288 g/mol. The Morgan fingerprint density at radius 3 is 2.62 bits per heavy atom. The minimum absolute atomic E-state index is 0.0426. The van der Waals surface area contributed by atoms with Crippen molar-refractivity contribution in [2.75, 3.05) is 22.5 Å². The van der Waals surface area contributed by atoms with E-state index in [1.54, 1.807) is 0 Å². The molecule has 7 nitrogen and oxygen atoms in total. The molecule has 0 radical (unpaired) electrons. The first-order valence-corrected chi connectivity index (χ1v) is 7.34. The van der Waals surface area contributed by atoms with Crippen LogP contribution in [-0.2, 0) is 11.2 Å². The van der Waals surface area contributed by atoms with Gasteiger partial charge in [-0.25, -0.2) is 0 Å². The number of aromatic nitrogens is 3. The largest absolute Gasteiger partial charge is 0.368 e. The van der Waals surface area contributed by atoms with Crippen molar-refractivity contribution < 1.29 is 4.79 Å². The summed E-state index contributed by atoms with van der Waals surface area (Å²) >= 11 is 1.15. The molecule has 0 atom stereocenters. The molecule has 21 heavy (non-hydrogen) atoms. The average molecular weight is 304 g/mol. The lowest BCUT2D eigenvalue weighted by molar-refractivity contribution is -0.113. The summed E-state index contributed by atoms with van der Waals surface area (Å²) in [5.74, 6) is 0.104. The molecule has 110 valence electrons. The van der Waals surface area contributed by atoms with E-state index in [2.05, 4.69) is 27.2 Å². The van der Waals surface area contributed by atoms with Crippen LogP contribution in [0.1, 0.15) is 12.5 Å². The van der Waals surface area contributed by atoms with E-state index in [4.69, 9.17) is 11.5 Å². The maximum absolute atomic E-state index is 11.9. The summed E-state index contributed by atoms with van der Waals surface area (Å²) in [5.41, 5.74) is 12.9. The van der Waals surface area contributed by atoms with Crippen LogP contribution in [0.2, 0.25) is 0 Å². The molecule has 0 saturated carbocycles. The van der Waals surface area contributed by atoms with Crippen LogP contribution in [0.5, 0.6) is 0 Å². The molecule has 1 aromatic carbocycles. The molecule has 0 saturated heterocycles. The van der Waals surface area contributed by atoms with Gasteiger partial charge in [0.1, 0.15) is 0 Å². The normalized spacial score (nSPS) is 10.3. The number of benzene rings is 1. The number of thioether (sulfide) groups is 1. The second-order valence-corrected chi connectivity index (χ2v) is 5.17. The van der Waals surface area contributed by atoms with Crippen LogP contribution in [0, 0.1) is 0 Å². The van der Waals surface area contributed by atoms with E-state index in [9.17, 15) is 4.79 Å². The van der Waals surface area contributed by atoms with E-state index < -0.39 is 0 Å². The van der Waals surface area contributed by atoms with Gasteiger partial charge in [0.05, 0.1) is 5.75 Å². The number of nitrogens with two attached hydrogens (primary N) is 2. The van der Waals surface area contributed by atoms with Crippen molar-refractivity contribution in [3.05, 3.63) is 29.8 Å². The summed E-state index contributed by atoms with van der Waals surface area (Å²) in [5, 5.41) is 3.15. The topological polar surface area (TPSA) is 120 Å². The molecular formula is C13H16N6OS. The van der Waals surface area contributed by atoms with E-state index in [-0.39, 0.29) is 23.6 Å². The van der Waals surface area contributed by atoms with Crippen LogP contribution in [0.4, 0.5) is 17.6 Å². The molecule has 0 spiro atoms. The number of nitrogens with zero attached hydrogens (tertiary/aromatic N) is 3. The van der Waals surface area contributed by atoms with Gasteiger partial charge in [-0.1, -0.05) is 30.8 Å². The second kappa shape index (κ2) is 6.89. The van der Waals surface area contributed by atoms with Crippen molar-refractivity contribution in [2.45, 2.75) is 18.5 Å². The zero-order valence-corrected chi connectivity index (χ0v) is 12.4. The Kier molecular flexibility index (Phi) is 4.94. The van der Waals surface area contributed by atoms with Gasteiger partial charge in [0.2, 0.25) is 17.8 Å². The molecule has 0 unspecified atom stereocenters. The molecule has 0 aliphatic carbocycles. The Hall–Kier alpha value is -2.35. The van der Waals surface area contributed by atoms with Crippen molar-refractivity contribution in [1.82, 2.24) is 15.0 Å². The van der Waals surface area contributed by atoms with Crippen molar-refractivity contribution in [1.29, 1.82) is 0 Å². The number of amides is 1. The van der Waals surface area contributed by atoms with Gasteiger partial charge < -0.3 is 16.8 Å². The maximum Gasteiger partial charge on any atom is 0.234 e.